The maximum absolute atomic E-state index is 13.8. The van der Waals surface area contributed by atoms with Crippen molar-refractivity contribution in [3.05, 3.63) is 40.4 Å². The number of rotatable bonds is 1. The van der Waals surface area contributed by atoms with Crippen LogP contribution in [0.1, 0.15) is 19.4 Å². The molecule has 0 unspecified atom stereocenters. The van der Waals surface area contributed by atoms with Crippen LogP contribution in [0.3, 0.4) is 0 Å². The van der Waals surface area contributed by atoms with Crippen LogP contribution >= 0.6 is 11.6 Å². The van der Waals surface area contributed by atoms with Crippen molar-refractivity contribution >= 4 is 17.3 Å². The van der Waals surface area contributed by atoms with E-state index in [0.717, 1.165) is 0 Å². The number of pyridine rings is 1. The van der Waals surface area contributed by atoms with Gasteiger partial charge in [0.05, 0.1) is 10.7 Å². The van der Waals surface area contributed by atoms with Crippen LogP contribution < -0.4 is 62.2 Å². The van der Waals surface area contributed by atoms with Crippen molar-refractivity contribution in [3.63, 3.8) is 0 Å². The first-order chi connectivity index (χ1) is 9.41. The minimum atomic E-state index is -0.998. The Labute approximate surface area is 169 Å². The van der Waals surface area contributed by atoms with Gasteiger partial charge in [0.2, 0.25) is 0 Å². The summed E-state index contributed by atoms with van der Waals surface area (Å²) in [6, 6.07) is 4.13. The summed E-state index contributed by atoms with van der Waals surface area (Å²) < 4.78 is 27.5. The zero-order chi connectivity index (χ0) is 15.4. The van der Waals surface area contributed by atoms with Crippen molar-refractivity contribution in [3.8, 4) is 17.1 Å². The molecule has 1 aromatic heterocycles. The standard InChI is InChI=1S/C12H9ClF2N2O.C2H6.K/c1-5-2-3-6(7(14)4-5)11-9(15)10(16)8(13)12(18)17-11;1-2;/h2-4H,1H3,(H3,16,17,18);1-2H3;/q;;+1/p-1. The van der Waals surface area contributed by atoms with E-state index < -0.39 is 33.9 Å². The SMILES string of the molecule is CC.Cc1ccc(-c2nc([O-])c(Cl)c(N)c2F)c(F)c1.[K+]. The van der Waals surface area contributed by atoms with Crippen molar-refractivity contribution in [2.24, 2.45) is 0 Å². The molecule has 0 atom stereocenters. The zero-order valence-corrected chi connectivity index (χ0v) is 16.2. The van der Waals surface area contributed by atoms with E-state index in [0.29, 0.717) is 5.56 Å². The smallest absolute Gasteiger partial charge is 0.858 e. The molecule has 2 rings (SSSR count). The number of nitrogen functional groups attached to an aromatic ring is 1. The van der Waals surface area contributed by atoms with Gasteiger partial charge in [0.15, 0.2) is 5.82 Å². The number of aromatic nitrogens is 1. The molecule has 1 heterocycles. The Hall–Kier alpha value is -0.244. The molecule has 2 aromatic rings. The summed E-state index contributed by atoms with van der Waals surface area (Å²) in [6.07, 6.45) is 0. The molecule has 0 amide bonds. The molecule has 0 radical (unpaired) electrons. The fourth-order valence-corrected chi connectivity index (χ4v) is 1.65. The summed E-state index contributed by atoms with van der Waals surface area (Å²) in [7, 11) is 0. The first-order valence-electron chi connectivity index (χ1n) is 5.99. The average molecular weight is 339 g/mol. The maximum atomic E-state index is 13.8. The molecule has 1 aromatic carbocycles. The van der Waals surface area contributed by atoms with Crippen LogP contribution in [0.2, 0.25) is 5.02 Å². The molecule has 2 N–H and O–H groups in total. The van der Waals surface area contributed by atoms with E-state index in [4.69, 9.17) is 17.3 Å². The summed E-state index contributed by atoms with van der Waals surface area (Å²) in [5.41, 5.74) is 4.92. The molecule has 21 heavy (non-hydrogen) atoms. The third-order valence-corrected chi connectivity index (χ3v) is 2.83. The molecule has 0 aliphatic carbocycles. The van der Waals surface area contributed by atoms with Gasteiger partial charge in [-0.2, -0.15) is 0 Å². The van der Waals surface area contributed by atoms with Crippen LogP contribution in [0.15, 0.2) is 18.2 Å². The number of anilines is 1. The Morgan fingerprint density at radius 2 is 1.81 bits per heavy atom. The Bertz CT molecular complexity index is 639. The van der Waals surface area contributed by atoms with E-state index in [1.165, 1.54) is 12.1 Å². The topological polar surface area (TPSA) is 62.0 Å². The fourth-order valence-electron chi connectivity index (χ4n) is 1.53. The largest absolute Gasteiger partial charge is 1.00 e. The quantitative estimate of drug-likeness (QED) is 0.778. The van der Waals surface area contributed by atoms with Crippen LogP contribution in [0.5, 0.6) is 5.88 Å². The van der Waals surface area contributed by atoms with Crippen molar-refractivity contribution in [2.75, 3.05) is 5.73 Å². The third-order valence-electron chi connectivity index (χ3n) is 2.46. The predicted octanol–water partition coefficient (Wildman–Crippen LogP) is 0.675. The first-order valence-corrected chi connectivity index (χ1v) is 6.37. The maximum Gasteiger partial charge on any atom is 1.00 e. The number of nitrogens with zero attached hydrogens (tertiary/aromatic N) is 1. The van der Waals surface area contributed by atoms with Gasteiger partial charge in [-0.3, -0.25) is 4.98 Å². The minimum Gasteiger partial charge on any atom is -0.858 e. The van der Waals surface area contributed by atoms with Gasteiger partial charge in [0, 0.05) is 11.4 Å². The van der Waals surface area contributed by atoms with Crippen molar-refractivity contribution < 1.29 is 65.3 Å². The van der Waals surface area contributed by atoms with Gasteiger partial charge in [0.1, 0.15) is 11.5 Å². The molecular weight excluding hydrogens is 325 g/mol. The fraction of sp³-hybridized carbons (Fsp3) is 0.214. The van der Waals surface area contributed by atoms with Gasteiger partial charge in [-0.1, -0.05) is 31.5 Å². The number of benzene rings is 1. The van der Waals surface area contributed by atoms with E-state index >= 15 is 0 Å². The molecule has 0 saturated carbocycles. The Kier molecular flexibility index (Phi) is 8.92. The van der Waals surface area contributed by atoms with E-state index in [1.54, 1.807) is 13.0 Å². The van der Waals surface area contributed by atoms with Crippen molar-refractivity contribution in [2.45, 2.75) is 20.8 Å². The summed E-state index contributed by atoms with van der Waals surface area (Å²) in [4.78, 5) is 3.41. The van der Waals surface area contributed by atoms with Gasteiger partial charge in [0.25, 0.3) is 0 Å². The molecule has 0 bridgehead atoms. The molecule has 0 spiro atoms. The van der Waals surface area contributed by atoms with Gasteiger partial charge < -0.3 is 10.8 Å². The average Bonchev–Trinajstić information content (AvgIpc) is 2.43. The molecule has 0 aliphatic rings. The van der Waals surface area contributed by atoms with Crippen LogP contribution in [0.25, 0.3) is 11.3 Å². The van der Waals surface area contributed by atoms with E-state index in [2.05, 4.69) is 4.98 Å². The van der Waals surface area contributed by atoms with Crippen molar-refractivity contribution in [1.29, 1.82) is 0 Å². The Morgan fingerprint density at radius 3 is 2.33 bits per heavy atom. The molecule has 0 saturated heterocycles. The van der Waals surface area contributed by atoms with Crippen LogP contribution in [-0.2, 0) is 0 Å². The van der Waals surface area contributed by atoms with E-state index in [-0.39, 0.29) is 56.9 Å². The molecule has 7 heteroatoms. The van der Waals surface area contributed by atoms with Gasteiger partial charge >= 0.3 is 51.4 Å². The van der Waals surface area contributed by atoms with E-state index in [9.17, 15) is 13.9 Å². The first kappa shape index (κ1) is 20.8. The zero-order valence-electron chi connectivity index (χ0n) is 12.3. The van der Waals surface area contributed by atoms with Crippen LogP contribution in [0.4, 0.5) is 14.5 Å². The predicted molar refractivity (Wildman–Crippen MR) is 74.5 cm³/mol. The second-order valence-corrected chi connectivity index (χ2v) is 4.17. The normalized spacial score (nSPS) is 9.43. The second-order valence-electron chi connectivity index (χ2n) is 3.79. The van der Waals surface area contributed by atoms with Gasteiger partial charge in [-0.25, -0.2) is 8.78 Å². The molecule has 3 nitrogen and oxygen atoms in total. The molecule has 108 valence electrons. The summed E-state index contributed by atoms with van der Waals surface area (Å²) in [6.45, 7) is 5.69. The summed E-state index contributed by atoms with van der Waals surface area (Å²) >= 11 is 5.47. The molecular formula is C14H14ClF2KN2O. The van der Waals surface area contributed by atoms with Gasteiger partial charge in [-0.15, -0.1) is 0 Å². The Morgan fingerprint density at radius 1 is 1.24 bits per heavy atom. The van der Waals surface area contributed by atoms with Crippen LogP contribution in [-0.4, -0.2) is 4.98 Å². The van der Waals surface area contributed by atoms with Gasteiger partial charge in [-0.05, 0) is 24.6 Å². The number of hydrogen-bond acceptors (Lipinski definition) is 3. The summed E-state index contributed by atoms with van der Waals surface area (Å²) in [5.74, 6) is -2.56. The monoisotopic (exact) mass is 338 g/mol. The second kappa shape index (κ2) is 9.02. The minimum absolute atomic E-state index is 0. The number of nitrogens with two attached hydrogens (primary N) is 1. The Balaban J connectivity index is 0.00000128. The number of aryl methyl sites for hydroxylation is 1. The summed E-state index contributed by atoms with van der Waals surface area (Å²) in [5, 5.41) is 10.9. The number of hydrogen-bond donors (Lipinski definition) is 1. The van der Waals surface area contributed by atoms with Crippen molar-refractivity contribution in [1.82, 2.24) is 4.98 Å². The van der Waals surface area contributed by atoms with E-state index in [1.807, 2.05) is 13.8 Å². The van der Waals surface area contributed by atoms with Crippen LogP contribution in [0, 0.1) is 18.6 Å². The molecule has 0 aliphatic heterocycles. The third kappa shape index (κ3) is 4.61. The number of halogens is 3. The molecule has 0 fully saturated rings.